The molecule has 0 radical (unpaired) electrons. The Morgan fingerprint density at radius 1 is 0.975 bits per heavy atom. The maximum absolute atomic E-state index is 12.5. The van der Waals surface area contributed by atoms with E-state index in [2.05, 4.69) is 9.98 Å². The van der Waals surface area contributed by atoms with E-state index >= 15 is 0 Å². The maximum atomic E-state index is 12.5. The first kappa shape index (κ1) is 26.7. The number of hydrogen-bond donors (Lipinski definition) is 2. The predicted molar refractivity (Wildman–Crippen MR) is 143 cm³/mol. The minimum Gasteiger partial charge on any atom is -0.500 e. The average molecular weight is 623 g/mol. The zero-order chi connectivity index (χ0) is 28.3. The lowest BCUT2D eigenvalue weighted by Crippen LogP contribution is -2.44. The molecule has 0 fully saturated rings. The summed E-state index contributed by atoms with van der Waals surface area (Å²) in [5, 5.41) is -1.27. The average Bonchev–Trinajstić information content (AvgIpc) is 2.93. The van der Waals surface area contributed by atoms with Gasteiger partial charge in [-0.25, -0.2) is 14.2 Å². The van der Waals surface area contributed by atoms with Crippen molar-refractivity contribution < 1.29 is 40.7 Å². The molecule has 2 N–H and O–H groups in total. The van der Waals surface area contributed by atoms with Crippen LogP contribution < -0.4 is 24.9 Å². The number of halogens is 2. The Bertz CT molecular complexity index is 1910. The van der Waals surface area contributed by atoms with Gasteiger partial charge in [-0.2, -0.15) is 8.42 Å². The minimum absolute atomic E-state index is 0.00134. The molecular formula is C25H16Cl2N2O9S2. The largest absolute Gasteiger partial charge is 0.500 e. The van der Waals surface area contributed by atoms with Gasteiger partial charge < -0.3 is 23.5 Å². The summed E-state index contributed by atoms with van der Waals surface area (Å²) in [4.78, 5) is 8.27. The van der Waals surface area contributed by atoms with E-state index in [9.17, 15) is 21.7 Å². The van der Waals surface area contributed by atoms with Crippen LogP contribution in [0.3, 0.4) is 0 Å². The number of allylic oxidation sites excluding steroid dienone is 2. The molecule has 2 aliphatic heterocycles. The van der Waals surface area contributed by atoms with E-state index < -0.39 is 37.4 Å². The molecule has 3 aromatic rings. The first-order valence-electron chi connectivity index (χ1n) is 11.3. The molecule has 0 saturated heterocycles. The second-order valence-electron chi connectivity index (χ2n) is 8.54. The van der Waals surface area contributed by atoms with Crippen molar-refractivity contribution in [1.82, 2.24) is 0 Å². The van der Waals surface area contributed by atoms with E-state index in [1.807, 2.05) is 0 Å². The van der Waals surface area contributed by atoms with Gasteiger partial charge in [0, 0.05) is 0 Å². The molecule has 11 nitrogen and oxygen atoms in total. The molecule has 3 aliphatic rings. The van der Waals surface area contributed by atoms with Crippen LogP contribution >= 0.6 is 23.2 Å². The Labute approximate surface area is 239 Å². The highest BCUT2D eigenvalue weighted by molar-refractivity contribution is 7.86. The summed E-state index contributed by atoms with van der Waals surface area (Å²) in [5.74, 6) is -0.182. The van der Waals surface area contributed by atoms with E-state index in [4.69, 9.17) is 42.1 Å². The molecule has 40 heavy (non-hydrogen) atoms. The van der Waals surface area contributed by atoms with Crippen LogP contribution in [0.2, 0.25) is 10.0 Å². The normalized spacial score (nSPS) is 19.4. The molecule has 1 aliphatic carbocycles. The molecule has 3 atom stereocenters. The summed E-state index contributed by atoms with van der Waals surface area (Å²) in [6.07, 6.45) is 2.01. The zero-order valence-corrected chi connectivity index (χ0v) is 23.2. The topological polar surface area (TPSA) is 153 Å². The standard InChI is InChI=1S/C25H16Cl2N2O9S2/c1-35-14-9-7-12-20(24(14)39(30)31)37-22-16(26)19-23(17(27)18(22)28-12)38-21-13(29-19)8-10-15(25(21)40(32,33)34)36-11-5-3-2-4-6-11/h2-10,20,24H,1H3,(H,30,31)(H,32,33,34). The highest BCUT2D eigenvalue weighted by atomic mass is 35.5. The third kappa shape index (κ3) is 4.35. The van der Waals surface area contributed by atoms with Crippen LogP contribution in [0, 0.1) is 0 Å². The van der Waals surface area contributed by atoms with E-state index in [0.717, 1.165) is 0 Å². The minimum atomic E-state index is -4.89. The van der Waals surface area contributed by atoms with Crippen molar-refractivity contribution in [1.29, 1.82) is 0 Å². The van der Waals surface area contributed by atoms with Gasteiger partial charge in [0.25, 0.3) is 0 Å². The van der Waals surface area contributed by atoms with Crippen LogP contribution in [-0.2, 0) is 25.9 Å². The Balaban J connectivity index is 1.54. The second kappa shape index (κ2) is 9.87. The molecular weight excluding hydrogens is 607 g/mol. The quantitative estimate of drug-likeness (QED) is 0.242. The molecule has 206 valence electrons. The lowest BCUT2D eigenvalue weighted by atomic mass is 10.0. The Morgan fingerprint density at radius 3 is 2.35 bits per heavy atom. The third-order valence-corrected chi connectivity index (χ3v) is 8.69. The van der Waals surface area contributed by atoms with Crippen LogP contribution in [0.4, 0.5) is 5.69 Å². The Kier molecular flexibility index (Phi) is 6.60. The number of ether oxygens (including phenoxy) is 4. The highest BCUT2D eigenvalue weighted by Gasteiger charge is 2.42. The fourth-order valence-corrected chi connectivity index (χ4v) is 6.48. The molecule has 0 amide bonds. The van der Waals surface area contributed by atoms with Gasteiger partial charge in [0.15, 0.2) is 50.3 Å². The Hall–Kier alpha value is -3.46. The van der Waals surface area contributed by atoms with Crippen molar-refractivity contribution in [2.24, 2.45) is 9.98 Å². The van der Waals surface area contributed by atoms with E-state index in [0.29, 0.717) is 5.75 Å². The number of nitrogens with zero attached hydrogens (tertiary/aromatic N) is 2. The van der Waals surface area contributed by atoms with Gasteiger partial charge in [0.05, 0.1) is 12.8 Å². The van der Waals surface area contributed by atoms with Crippen LogP contribution in [-0.4, -0.2) is 40.2 Å². The molecule has 0 bridgehead atoms. The fraction of sp³-hybridized carbons (Fsp3) is 0.120. The zero-order valence-electron chi connectivity index (χ0n) is 20.1. The van der Waals surface area contributed by atoms with Gasteiger partial charge in [-0.3, -0.25) is 4.55 Å². The lowest BCUT2D eigenvalue weighted by Gasteiger charge is -2.32. The molecule has 2 heterocycles. The number of para-hydroxylation sites is 1. The van der Waals surface area contributed by atoms with Crippen molar-refractivity contribution in [3.63, 3.8) is 0 Å². The van der Waals surface area contributed by atoms with Gasteiger partial charge in [-0.15, -0.1) is 0 Å². The summed E-state index contributed by atoms with van der Waals surface area (Å²) in [6, 6.07) is 11.1. The number of rotatable bonds is 5. The summed E-state index contributed by atoms with van der Waals surface area (Å²) in [5.41, 5.74) is 0.271. The predicted octanol–water partition coefficient (Wildman–Crippen LogP) is 4.49. The van der Waals surface area contributed by atoms with Gasteiger partial charge in [0.2, 0.25) is 0 Å². The van der Waals surface area contributed by atoms with E-state index in [1.165, 1.54) is 25.3 Å². The van der Waals surface area contributed by atoms with Gasteiger partial charge in [-0.05, 0) is 36.4 Å². The number of methoxy groups -OCH3 is 1. The maximum Gasteiger partial charge on any atom is 0.302 e. The second-order valence-corrected chi connectivity index (χ2v) is 11.7. The molecule has 15 heteroatoms. The number of benzene rings is 3. The molecule has 0 aromatic heterocycles. The molecule has 0 spiro atoms. The number of hydrogen-bond acceptors (Lipinski definition) is 9. The van der Waals surface area contributed by atoms with Crippen molar-refractivity contribution in [2.45, 2.75) is 16.2 Å². The first-order chi connectivity index (χ1) is 19.1. The molecule has 3 unspecified atom stereocenters. The van der Waals surface area contributed by atoms with Crippen molar-refractivity contribution >= 4 is 50.1 Å². The van der Waals surface area contributed by atoms with Gasteiger partial charge in [-0.1, -0.05) is 41.4 Å². The number of fused-ring (bicyclic) bond motifs is 4. The molecule has 0 saturated carbocycles. The monoisotopic (exact) mass is 622 g/mol. The van der Waals surface area contributed by atoms with Crippen molar-refractivity contribution in [2.75, 3.05) is 7.11 Å². The van der Waals surface area contributed by atoms with Crippen LogP contribution in [0.15, 0.2) is 81.0 Å². The summed E-state index contributed by atoms with van der Waals surface area (Å²) >= 11 is 10.9. The van der Waals surface area contributed by atoms with Gasteiger partial charge in [0.1, 0.15) is 38.0 Å². The first-order valence-corrected chi connectivity index (χ1v) is 14.7. The van der Waals surface area contributed by atoms with E-state index in [1.54, 1.807) is 36.4 Å². The van der Waals surface area contributed by atoms with Crippen molar-refractivity contribution in [3.05, 3.63) is 86.8 Å². The lowest BCUT2D eigenvalue weighted by molar-refractivity contribution is 0.183. The molecule has 3 aromatic carbocycles. The van der Waals surface area contributed by atoms with Crippen LogP contribution in [0.5, 0.6) is 28.7 Å². The summed E-state index contributed by atoms with van der Waals surface area (Å²) in [7, 11) is -3.53. The summed E-state index contributed by atoms with van der Waals surface area (Å²) < 4.78 is 80.1. The van der Waals surface area contributed by atoms with Gasteiger partial charge >= 0.3 is 10.1 Å². The van der Waals surface area contributed by atoms with Crippen LogP contribution in [0.25, 0.3) is 0 Å². The highest BCUT2D eigenvalue weighted by Crippen LogP contribution is 2.47. The smallest absolute Gasteiger partial charge is 0.302 e. The SMILES string of the molecule is COC1=CC=C2N=c3c(Cl)c4c(c(Cl)c3OC2C1S(=O)O)=Nc1ccc(Oc2ccccc2)c(S(=O)(=O)O)c1O4. The third-order valence-electron chi connectivity index (χ3n) is 6.17. The van der Waals surface area contributed by atoms with Crippen molar-refractivity contribution in [3.8, 4) is 28.7 Å². The summed E-state index contributed by atoms with van der Waals surface area (Å²) in [6.45, 7) is 0. The molecule has 6 rings (SSSR count). The Morgan fingerprint density at radius 2 is 1.68 bits per heavy atom. The van der Waals surface area contributed by atoms with E-state index in [-0.39, 0.29) is 60.9 Å². The fourth-order valence-electron chi connectivity index (χ4n) is 4.44. The van der Waals surface area contributed by atoms with Crippen LogP contribution in [0.1, 0.15) is 0 Å².